The average molecular weight is 392 g/mol. The molecule has 142 valence electrons. The van der Waals surface area contributed by atoms with Gasteiger partial charge in [0.15, 0.2) is 5.82 Å². The smallest absolute Gasteiger partial charge is 0.291 e. The van der Waals surface area contributed by atoms with Crippen molar-refractivity contribution in [3.05, 3.63) is 69.2 Å². The number of para-hydroxylation sites is 1. The molecular formula is C21H20N4O2S. The summed E-state index contributed by atoms with van der Waals surface area (Å²) in [6, 6.07) is 11.4. The largest absolute Gasteiger partial charge is 0.493 e. The number of thiazole rings is 1. The molecule has 0 unspecified atom stereocenters. The maximum absolute atomic E-state index is 12.8. The zero-order valence-corrected chi connectivity index (χ0v) is 16.4. The van der Waals surface area contributed by atoms with E-state index in [9.17, 15) is 4.79 Å². The van der Waals surface area contributed by atoms with E-state index in [1.54, 1.807) is 12.4 Å². The lowest BCUT2D eigenvalue weighted by Crippen LogP contribution is -2.23. The molecule has 0 amide bonds. The fourth-order valence-corrected chi connectivity index (χ4v) is 3.76. The first-order valence-corrected chi connectivity index (χ1v) is 10.1. The SMILES string of the molecule is CCCCCOc1ccccc1/C=c1\sc2nc(-c3ccncc3)nn2c1=O. The number of unbranched alkanes of at least 4 members (excludes halogenated alkanes) is 2. The highest BCUT2D eigenvalue weighted by atomic mass is 32.1. The van der Waals surface area contributed by atoms with E-state index in [0.717, 1.165) is 36.1 Å². The quantitative estimate of drug-likeness (QED) is 0.451. The Morgan fingerprint density at radius 2 is 1.96 bits per heavy atom. The lowest BCUT2D eigenvalue weighted by Gasteiger charge is -2.08. The van der Waals surface area contributed by atoms with Gasteiger partial charge < -0.3 is 4.74 Å². The lowest BCUT2D eigenvalue weighted by atomic mass is 10.2. The molecule has 0 aliphatic heterocycles. The number of fused-ring (bicyclic) bond motifs is 1. The van der Waals surface area contributed by atoms with Crippen LogP contribution in [-0.4, -0.2) is 26.2 Å². The summed E-state index contributed by atoms with van der Waals surface area (Å²) in [5.74, 6) is 1.31. The summed E-state index contributed by atoms with van der Waals surface area (Å²) in [4.78, 5) is 21.8. The van der Waals surface area contributed by atoms with Crippen molar-refractivity contribution in [1.82, 2.24) is 19.6 Å². The molecule has 28 heavy (non-hydrogen) atoms. The van der Waals surface area contributed by atoms with Crippen molar-refractivity contribution in [1.29, 1.82) is 0 Å². The molecule has 4 rings (SSSR count). The molecule has 3 aromatic heterocycles. The summed E-state index contributed by atoms with van der Waals surface area (Å²) in [7, 11) is 0. The van der Waals surface area contributed by atoms with Gasteiger partial charge in [0.05, 0.1) is 11.1 Å². The number of hydrogen-bond donors (Lipinski definition) is 0. The summed E-state index contributed by atoms with van der Waals surface area (Å²) in [5.41, 5.74) is 1.55. The molecule has 3 heterocycles. The normalized spacial score (nSPS) is 12.0. The first kappa shape index (κ1) is 18.3. The van der Waals surface area contributed by atoms with E-state index in [2.05, 4.69) is 22.0 Å². The zero-order valence-electron chi connectivity index (χ0n) is 15.5. The third-order valence-electron chi connectivity index (χ3n) is 4.33. The van der Waals surface area contributed by atoms with Crippen molar-refractivity contribution in [2.45, 2.75) is 26.2 Å². The van der Waals surface area contributed by atoms with E-state index >= 15 is 0 Å². The lowest BCUT2D eigenvalue weighted by molar-refractivity contribution is 0.305. The summed E-state index contributed by atoms with van der Waals surface area (Å²) in [6.45, 7) is 2.84. The molecule has 0 bridgehead atoms. The maximum Gasteiger partial charge on any atom is 0.291 e. The third-order valence-corrected chi connectivity index (χ3v) is 5.29. The van der Waals surface area contributed by atoms with Crippen LogP contribution in [-0.2, 0) is 0 Å². The molecule has 7 heteroatoms. The molecule has 0 N–H and O–H groups in total. The van der Waals surface area contributed by atoms with Crippen LogP contribution in [0.5, 0.6) is 5.75 Å². The Kier molecular flexibility index (Phi) is 5.43. The summed E-state index contributed by atoms with van der Waals surface area (Å²) in [5, 5.41) is 4.36. The first-order valence-electron chi connectivity index (χ1n) is 9.30. The third kappa shape index (κ3) is 3.80. The van der Waals surface area contributed by atoms with Gasteiger partial charge in [0.2, 0.25) is 4.96 Å². The van der Waals surface area contributed by atoms with Crippen molar-refractivity contribution in [2.24, 2.45) is 0 Å². The summed E-state index contributed by atoms with van der Waals surface area (Å²) >= 11 is 1.33. The number of benzene rings is 1. The summed E-state index contributed by atoms with van der Waals surface area (Å²) in [6.07, 6.45) is 8.53. The number of pyridine rings is 1. The first-order chi connectivity index (χ1) is 13.8. The zero-order chi connectivity index (χ0) is 19.3. The molecule has 6 nitrogen and oxygen atoms in total. The molecule has 0 spiro atoms. The van der Waals surface area contributed by atoms with E-state index in [4.69, 9.17) is 4.74 Å². The number of ether oxygens (including phenoxy) is 1. The number of rotatable bonds is 7. The Morgan fingerprint density at radius 1 is 1.14 bits per heavy atom. The van der Waals surface area contributed by atoms with Gasteiger partial charge in [-0.2, -0.15) is 9.50 Å². The van der Waals surface area contributed by atoms with Crippen molar-refractivity contribution in [3.8, 4) is 17.1 Å². The van der Waals surface area contributed by atoms with Gasteiger partial charge in [-0.25, -0.2) is 0 Å². The van der Waals surface area contributed by atoms with Crippen LogP contribution in [0.4, 0.5) is 0 Å². The van der Waals surface area contributed by atoms with Gasteiger partial charge in [-0.15, -0.1) is 5.10 Å². The van der Waals surface area contributed by atoms with Crippen molar-refractivity contribution in [2.75, 3.05) is 6.61 Å². The molecular weight excluding hydrogens is 372 g/mol. The molecule has 0 aliphatic rings. The fraction of sp³-hybridized carbons (Fsp3) is 0.238. The molecule has 0 saturated heterocycles. The van der Waals surface area contributed by atoms with Gasteiger partial charge in [-0.3, -0.25) is 9.78 Å². The summed E-state index contributed by atoms with van der Waals surface area (Å²) < 4.78 is 7.85. The average Bonchev–Trinajstić information content (AvgIpc) is 3.27. The van der Waals surface area contributed by atoms with Gasteiger partial charge in [-0.1, -0.05) is 49.3 Å². The van der Waals surface area contributed by atoms with Gasteiger partial charge in [0.25, 0.3) is 5.56 Å². The molecule has 0 atom stereocenters. The Balaban J connectivity index is 1.66. The van der Waals surface area contributed by atoms with Crippen LogP contribution in [0.2, 0.25) is 0 Å². The van der Waals surface area contributed by atoms with E-state index in [0.29, 0.717) is 21.9 Å². The standard InChI is InChI=1S/C21H20N4O2S/c1-2-3-6-13-27-17-8-5-4-7-16(17)14-18-20(26)25-21(28-18)23-19(24-25)15-9-11-22-12-10-15/h4-5,7-12,14H,2-3,6,13H2,1H3/b18-14-. The Morgan fingerprint density at radius 3 is 2.75 bits per heavy atom. The van der Waals surface area contributed by atoms with Crippen LogP contribution in [0.3, 0.4) is 0 Å². The van der Waals surface area contributed by atoms with E-state index in [1.165, 1.54) is 15.9 Å². The second-order valence-electron chi connectivity index (χ2n) is 6.37. The molecule has 0 radical (unpaired) electrons. The van der Waals surface area contributed by atoms with Crippen LogP contribution >= 0.6 is 11.3 Å². The minimum atomic E-state index is -0.173. The van der Waals surface area contributed by atoms with Crippen LogP contribution < -0.4 is 14.8 Å². The van der Waals surface area contributed by atoms with Gasteiger partial charge in [0, 0.05) is 23.5 Å². The van der Waals surface area contributed by atoms with Crippen molar-refractivity contribution < 1.29 is 4.74 Å². The Hall–Kier alpha value is -3.06. The fourth-order valence-electron chi connectivity index (χ4n) is 2.86. The predicted molar refractivity (Wildman–Crippen MR) is 111 cm³/mol. The second kappa shape index (κ2) is 8.31. The van der Waals surface area contributed by atoms with Crippen LogP contribution in [0, 0.1) is 0 Å². The van der Waals surface area contributed by atoms with Gasteiger partial charge in [-0.05, 0) is 30.7 Å². The number of hydrogen-bond acceptors (Lipinski definition) is 6. The van der Waals surface area contributed by atoms with Crippen LogP contribution in [0.1, 0.15) is 31.7 Å². The molecule has 4 aromatic rings. The monoisotopic (exact) mass is 392 g/mol. The van der Waals surface area contributed by atoms with E-state index in [1.807, 2.05) is 42.5 Å². The van der Waals surface area contributed by atoms with Gasteiger partial charge in [0.1, 0.15) is 5.75 Å². The minimum Gasteiger partial charge on any atom is -0.493 e. The molecule has 1 aromatic carbocycles. The Labute approximate surface area is 166 Å². The topological polar surface area (TPSA) is 69.4 Å². The number of nitrogens with zero attached hydrogens (tertiary/aromatic N) is 4. The van der Waals surface area contributed by atoms with Crippen molar-refractivity contribution >= 4 is 22.4 Å². The van der Waals surface area contributed by atoms with Crippen LogP contribution in [0.25, 0.3) is 22.4 Å². The Bertz CT molecular complexity index is 1180. The van der Waals surface area contributed by atoms with E-state index < -0.39 is 0 Å². The highest BCUT2D eigenvalue weighted by Crippen LogP contribution is 2.20. The van der Waals surface area contributed by atoms with Gasteiger partial charge >= 0.3 is 0 Å². The number of aromatic nitrogens is 4. The maximum atomic E-state index is 12.8. The molecule has 0 aliphatic carbocycles. The molecule has 0 saturated carbocycles. The predicted octanol–water partition coefficient (Wildman–Crippen LogP) is 3.33. The van der Waals surface area contributed by atoms with Crippen molar-refractivity contribution in [3.63, 3.8) is 0 Å². The highest BCUT2D eigenvalue weighted by Gasteiger charge is 2.12. The van der Waals surface area contributed by atoms with E-state index in [-0.39, 0.29) is 5.56 Å². The minimum absolute atomic E-state index is 0.173. The highest BCUT2D eigenvalue weighted by molar-refractivity contribution is 7.15. The van der Waals surface area contributed by atoms with Crippen LogP contribution in [0.15, 0.2) is 53.6 Å². The second-order valence-corrected chi connectivity index (χ2v) is 7.38. The molecule has 0 fully saturated rings.